The molecule has 2 aromatic rings. The molecular formula is C30H49BrN2O. The van der Waals surface area contributed by atoms with Gasteiger partial charge in [-0.25, -0.2) is 0 Å². The number of ether oxygens (including phenoxy) is 1. The lowest BCUT2D eigenvalue weighted by molar-refractivity contribution is 0.194. The Balaban J connectivity index is 0.00000544. The molecule has 0 saturated heterocycles. The fourth-order valence-electron chi connectivity index (χ4n) is 4.07. The van der Waals surface area contributed by atoms with Crippen molar-refractivity contribution < 1.29 is 4.74 Å². The third-order valence-corrected chi connectivity index (χ3v) is 6.11. The fraction of sp³-hybridized carbons (Fsp3) is 0.567. The minimum Gasteiger partial charge on any atom is -0.490 e. The molecule has 1 heterocycles. The molecule has 3 nitrogen and oxygen atoms in total. The van der Waals surface area contributed by atoms with Crippen LogP contribution >= 0.6 is 17.0 Å². The number of pyridine rings is 1. The quantitative estimate of drug-likeness (QED) is 0.153. The lowest BCUT2D eigenvalue weighted by Crippen LogP contribution is -2.19. The summed E-state index contributed by atoms with van der Waals surface area (Å²) in [5.74, 6) is 1.03. The lowest BCUT2D eigenvalue weighted by atomic mass is 10.1. The van der Waals surface area contributed by atoms with Crippen molar-refractivity contribution in [2.75, 3.05) is 0 Å². The van der Waals surface area contributed by atoms with Crippen molar-refractivity contribution in [3.05, 3.63) is 72.1 Å². The van der Waals surface area contributed by atoms with Crippen molar-refractivity contribution in [3.63, 3.8) is 0 Å². The predicted molar refractivity (Wildman–Crippen MR) is 154 cm³/mol. The molecule has 192 valence electrons. The molecule has 0 spiro atoms. The number of rotatable bonds is 18. The minimum absolute atomic E-state index is 0. The van der Waals surface area contributed by atoms with Gasteiger partial charge in [-0.15, -0.1) is 17.0 Å². The Kier molecular flexibility index (Phi) is 20.8. The van der Waals surface area contributed by atoms with E-state index in [0.29, 0.717) is 0 Å². The number of nitrogens with zero attached hydrogens (tertiary/aromatic N) is 1. The number of halogens is 1. The highest BCUT2D eigenvalue weighted by molar-refractivity contribution is 8.93. The zero-order valence-corrected chi connectivity index (χ0v) is 23.4. The van der Waals surface area contributed by atoms with E-state index in [-0.39, 0.29) is 29.2 Å². The largest absolute Gasteiger partial charge is 0.490 e. The van der Waals surface area contributed by atoms with Crippen LogP contribution in [0, 0.1) is 0 Å². The maximum atomic E-state index is 6.40. The molecule has 1 atom stereocenters. The van der Waals surface area contributed by atoms with Gasteiger partial charge in [-0.2, -0.15) is 0 Å². The average Bonchev–Trinajstić information content (AvgIpc) is 2.83. The summed E-state index contributed by atoms with van der Waals surface area (Å²) in [6, 6.07) is 14.6. The number of para-hydroxylation sites is 1. The zero-order valence-electron chi connectivity index (χ0n) is 21.7. The molecule has 0 amide bonds. The predicted octanol–water partition coefficient (Wildman–Crippen LogP) is 9.63. The van der Waals surface area contributed by atoms with Gasteiger partial charge >= 0.3 is 0 Å². The number of aryl methyl sites for hydroxylation is 1. The Bertz CT molecular complexity index is 736. The van der Waals surface area contributed by atoms with Crippen molar-refractivity contribution in [2.24, 2.45) is 0 Å². The highest BCUT2D eigenvalue weighted by atomic mass is 79.9. The van der Waals surface area contributed by atoms with Crippen LogP contribution in [0.25, 0.3) is 0 Å². The van der Waals surface area contributed by atoms with Crippen LogP contribution in [0.3, 0.4) is 0 Å². The Hall–Kier alpha value is -1.65. The van der Waals surface area contributed by atoms with Crippen LogP contribution in [0.4, 0.5) is 0 Å². The smallest absolute Gasteiger partial charge is 0.122 e. The lowest BCUT2D eigenvalue weighted by Gasteiger charge is -2.19. The van der Waals surface area contributed by atoms with Crippen LogP contribution in [0.1, 0.15) is 102 Å². The normalized spacial score (nSPS) is 11.6. The van der Waals surface area contributed by atoms with Gasteiger partial charge in [0.1, 0.15) is 11.9 Å². The number of hydrogen-bond donors (Lipinski definition) is 1. The highest BCUT2D eigenvalue weighted by Gasteiger charge is 2.12. The molecule has 1 aromatic heterocycles. The maximum Gasteiger partial charge on any atom is 0.122 e. The van der Waals surface area contributed by atoms with E-state index in [1.807, 2.05) is 18.3 Å². The van der Waals surface area contributed by atoms with Crippen LogP contribution in [0.2, 0.25) is 0 Å². The summed E-state index contributed by atoms with van der Waals surface area (Å²) in [7, 11) is 0. The average molecular weight is 534 g/mol. The molecule has 0 aliphatic heterocycles. The summed E-state index contributed by atoms with van der Waals surface area (Å²) in [5.41, 5.74) is 2.40. The molecule has 34 heavy (non-hydrogen) atoms. The van der Waals surface area contributed by atoms with Crippen molar-refractivity contribution in [1.82, 2.24) is 11.1 Å². The van der Waals surface area contributed by atoms with Crippen LogP contribution in [0.15, 0.2) is 60.8 Å². The van der Waals surface area contributed by atoms with Gasteiger partial charge in [0, 0.05) is 18.3 Å². The van der Waals surface area contributed by atoms with E-state index in [9.17, 15) is 0 Å². The van der Waals surface area contributed by atoms with E-state index in [4.69, 9.17) is 4.74 Å². The summed E-state index contributed by atoms with van der Waals surface area (Å²) in [5, 5.41) is 0. The molecule has 0 saturated carbocycles. The van der Waals surface area contributed by atoms with E-state index in [0.717, 1.165) is 37.1 Å². The summed E-state index contributed by atoms with van der Waals surface area (Å²) < 4.78 is 6.40. The van der Waals surface area contributed by atoms with Crippen molar-refractivity contribution >= 4 is 17.0 Å². The first-order valence-corrected chi connectivity index (χ1v) is 13.1. The summed E-state index contributed by atoms with van der Waals surface area (Å²) in [4.78, 5) is 4.46. The molecule has 0 fully saturated rings. The van der Waals surface area contributed by atoms with E-state index in [2.05, 4.69) is 61.3 Å². The van der Waals surface area contributed by atoms with Gasteiger partial charge in [-0.05, 0) is 55.9 Å². The second-order valence-corrected chi connectivity index (χ2v) is 8.91. The minimum atomic E-state index is 0. The third kappa shape index (κ3) is 14.6. The Morgan fingerprint density at radius 1 is 0.794 bits per heavy atom. The Morgan fingerprint density at radius 3 is 2.12 bits per heavy atom. The van der Waals surface area contributed by atoms with E-state index < -0.39 is 0 Å². The second kappa shape index (κ2) is 21.9. The molecule has 0 aliphatic rings. The number of benzene rings is 1. The van der Waals surface area contributed by atoms with E-state index in [1.165, 1.54) is 69.8 Å². The van der Waals surface area contributed by atoms with Gasteiger partial charge in [0.15, 0.2) is 0 Å². The molecule has 0 bridgehead atoms. The SMILES string of the molecule is Br.CCCCCCCCCCCC=CCCc1ccccc1OC(CC)Cc1ccccn1.N. The first kappa shape index (κ1) is 32.4. The van der Waals surface area contributed by atoms with E-state index >= 15 is 0 Å². The number of allylic oxidation sites excluding steroid dienone is 2. The summed E-state index contributed by atoms with van der Waals surface area (Å²) >= 11 is 0. The summed E-state index contributed by atoms with van der Waals surface area (Å²) in [6.07, 6.45) is 24.5. The molecule has 4 heteroatoms. The van der Waals surface area contributed by atoms with Crippen LogP contribution in [0.5, 0.6) is 5.75 Å². The molecule has 0 aliphatic carbocycles. The van der Waals surface area contributed by atoms with Gasteiger partial charge in [-0.1, -0.05) is 102 Å². The molecule has 0 radical (unpaired) electrons. The van der Waals surface area contributed by atoms with Crippen LogP contribution < -0.4 is 10.9 Å². The first-order chi connectivity index (χ1) is 15.8. The van der Waals surface area contributed by atoms with Gasteiger partial charge < -0.3 is 10.9 Å². The van der Waals surface area contributed by atoms with Crippen LogP contribution in [-0.2, 0) is 12.8 Å². The van der Waals surface area contributed by atoms with Gasteiger partial charge in [0.05, 0.1) is 0 Å². The molecule has 1 aromatic carbocycles. The first-order valence-electron chi connectivity index (χ1n) is 13.1. The topological polar surface area (TPSA) is 57.1 Å². The Morgan fingerprint density at radius 2 is 1.44 bits per heavy atom. The maximum absolute atomic E-state index is 6.40. The standard InChI is InChI=1S/C30H45NO.BrH.H3N/c1-3-5-6-7-8-9-10-11-12-13-14-15-16-21-27-22-17-18-24-30(27)32-29(4-2)26-28-23-19-20-25-31-28;;/h14-15,17-20,22-25,29H,3-13,16,21,26H2,1-2H3;1H;1H3. The highest BCUT2D eigenvalue weighted by Crippen LogP contribution is 2.23. The van der Waals surface area contributed by atoms with Gasteiger partial charge in [0.25, 0.3) is 0 Å². The Labute approximate surface area is 220 Å². The number of aromatic nitrogens is 1. The fourth-order valence-corrected chi connectivity index (χ4v) is 4.07. The molecular weight excluding hydrogens is 484 g/mol. The number of hydrogen-bond acceptors (Lipinski definition) is 3. The molecule has 2 rings (SSSR count). The van der Waals surface area contributed by atoms with Crippen molar-refractivity contribution in [1.29, 1.82) is 0 Å². The van der Waals surface area contributed by atoms with Crippen molar-refractivity contribution in [2.45, 2.75) is 110 Å². The number of unbranched alkanes of at least 4 members (excludes halogenated alkanes) is 9. The molecule has 1 unspecified atom stereocenters. The summed E-state index contributed by atoms with van der Waals surface area (Å²) in [6.45, 7) is 4.47. The zero-order chi connectivity index (χ0) is 22.7. The van der Waals surface area contributed by atoms with E-state index in [1.54, 1.807) is 0 Å². The van der Waals surface area contributed by atoms with Crippen LogP contribution in [-0.4, -0.2) is 11.1 Å². The monoisotopic (exact) mass is 532 g/mol. The third-order valence-electron chi connectivity index (χ3n) is 6.11. The second-order valence-electron chi connectivity index (χ2n) is 8.91. The van der Waals surface area contributed by atoms with Gasteiger partial charge in [-0.3, -0.25) is 4.98 Å². The molecule has 3 N–H and O–H groups in total. The van der Waals surface area contributed by atoms with Crippen molar-refractivity contribution in [3.8, 4) is 5.75 Å². The van der Waals surface area contributed by atoms with Gasteiger partial charge in [0.2, 0.25) is 0 Å².